The van der Waals surface area contributed by atoms with Crippen molar-refractivity contribution in [1.29, 1.82) is 0 Å². The molecule has 0 radical (unpaired) electrons. The standard InChI is InChI=1S/C20H29N5O3/c1-3-25-16-10-12-27-13-15(16)18(22-25)19-21-17(23-28-19)9-11-24(2)20(26)14-7-5-4-6-8-14/h14H,3-13H2,1-2H3. The van der Waals surface area contributed by atoms with Gasteiger partial charge in [-0.15, -0.1) is 0 Å². The molecule has 1 amide bonds. The number of rotatable bonds is 6. The van der Waals surface area contributed by atoms with Gasteiger partial charge in [0.15, 0.2) is 11.5 Å². The molecule has 8 heteroatoms. The van der Waals surface area contributed by atoms with E-state index in [4.69, 9.17) is 9.26 Å². The number of hydrogen-bond acceptors (Lipinski definition) is 6. The van der Waals surface area contributed by atoms with E-state index in [0.717, 1.165) is 49.9 Å². The molecule has 1 aliphatic carbocycles. The summed E-state index contributed by atoms with van der Waals surface area (Å²) in [5.41, 5.74) is 2.97. The maximum absolute atomic E-state index is 12.6. The molecular formula is C20H29N5O3. The lowest BCUT2D eigenvalue weighted by molar-refractivity contribution is -0.135. The summed E-state index contributed by atoms with van der Waals surface area (Å²) in [6.07, 6.45) is 7.04. The molecule has 152 valence electrons. The summed E-state index contributed by atoms with van der Waals surface area (Å²) in [6, 6.07) is 0. The maximum atomic E-state index is 12.6. The molecule has 0 spiro atoms. The first kappa shape index (κ1) is 19.1. The van der Waals surface area contributed by atoms with E-state index >= 15 is 0 Å². The van der Waals surface area contributed by atoms with Crippen molar-refractivity contribution in [3.05, 3.63) is 17.1 Å². The topological polar surface area (TPSA) is 86.3 Å². The van der Waals surface area contributed by atoms with Crippen molar-refractivity contribution in [2.75, 3.05) is 20.2 Å². The van der Waals surface area contributed by atoms with Crippen molar-refractivity contribution in [1.82, 2.24) is 24.8 Å². The van der Waals surface area contributed by atoms with Crippen LogP contribution in [0.15, 0.2) is 4.52 Å². The Balaban J connectivity index is 1.41. The molecule has 28 heavy (non-hydrogen) atoms. The molecule has 1 saturated carbocycles. The average Bonchev–Trinajstić information content (AvgIpc) is 3.36. The van der Waals surface area contributed by atoms with E-state index < -0.39 is 0 Å². The van der Waals surface area contributed by atoms with Gasteiger partial charge in [-0.25, -0.2) is 0 Å². The van der Waals surface area contributed by atoms with Crippen molar-refractivity contribution in [3.8, 4) is 11.6 Å². The Morgan fingerprint density at radius 2 is 2.11 bits per heavy atom. The average molecular weight is 387 g/mol. The number of aryl methyl sites for hydroxylation is 1. The molecule has 1 aliphatic heterocycles. The fourth-order valence-electron chi connectivity index (χ4n) is 4.23. The Morgan fingerprint density at radius 3 is 2.89 bits per heavy atom. The first-order valence-corrected chi connectivity index (χ1v) is 10.4. The Bertz CT molecular complexity index is 822. The molecule has 0 unspecified atom stereocenters. The van der Waals surface area contributed by atoms with Gasteiger partial charge in [0.05, 0.1) is 13.2 Å². The summed E-state index contributed by atoms with van der Waals surface area (Å²) >= 11 is 0. The predicted octanol–water partition coefficient (Wildman–Crippen LogP) is 2.61. The van der Waals surface area contributed by atoms with E-state index in [9.17, 15) is 4.79 Å². The van der Waals surface area contributed by atoms with E-state index in [2.05, 4.69) is 22.2 Å². The van der Waals surface area contributed by atoms with Crippen LogP contribution in [0.4, 0.5) is 0 Å². The van der Waals surface area contributed by atoms with E-state index in [1.807, 2.05) is 16.6 Å². The lowest BCUT2D eigenvalue weighted by atomic mass is 9.88. The van der Waals surface area contributed by atoms with Crippen molar-refractivity contribution >= 4 is 5.91 Å². The molecule has 2 aliphatic rings. The van der Waals surface area contributed by atoms with Crippen molar-refractivity contribution in [2.45, 2.75) is 65.0 Å². The SMILES string of the molecule is CCn1nc(-c2nc(CCN(C)C(=O)C3CCCCC3)no2)c2c1CCOC2. The number of likely N-dealkylation sites (N-methyl/N-ethyl adjacent to an activating group) is 1. The van der Waals surface area contributed by atoms with Gasteiger partial charge in [-0.2, -0.15) is 10.1 Å². The summed E-state index contributed by atoms with van der Waals surface area (Å²) < 4.78 is 13.1. The van der Waals surface area contributed by atoms with Crippen molar-refractivity contribution in [3.63, 3.8) is 0 Å². The van der Waals surface area contributed by atoms with Crippen LogP contribution >= 0.6 is 0 Å². The second kappa shape index (κ2) is 8.43. The number of fused-ring (bicyclic) bond motifs is 1. The van der Waals surface area contributed by atoms with Crippen molar-refractivity contribution in [2.24, 2.45) is 5.92 Å². The molecular weight excluding hydrogens is 358 g/mol. The van der Waals surface area contributed by atoms with Gasteiger partial charge < -0.3 is 14.2 Å². The molecule has 3 heterocycles. The molecule has 1 fully saturated rings. The van der Waals surface area contributed by atoms with Crippen LogP contribution in [0.5, 0.6) is 0 Å². The van der Waals surface area contributed by atoms with Gasteiger partial charge >= 0.3 is 0 Å². The number of aromatic nitrogens is 4. The molecule has 0 saturated heterocycles. The normalized spacial score (nSPS) is 17.5. The van der Waals surface area contributed by atoms with Crippen LogP contribution in [0.2, 0.25) is 0 Å². The third-order valence-corrected chi connectivity index (χ3v) is 5.87. The fourth-order valence-corrected chi connectivity index (χ4v) is 4.23. The van der Waals surface area contributed by atoms with Gasteiger partial charge in [-0.1, -0.05) is 24.4 Å². The Hall–Kier alpha value is -2.22. The van der Waals surface area contributed by atoms with Crippen LogP contribution in [0.3, 0.4) is 0 Å². The van der Waals surface area contributed by atoms with E-state index in [1.165, 1.54) is 12.1 Å². The van der Waals surface area contributed by atoms with Crippen LogP contribution < -0.4 is 0 Å². The van der Waals surface area contributed by atoms with Gasteiger partial charge in [0.2, 0.25) is 5.91 Å². The predicted molar refractivity (Wildman–Crippen MR) is 102 cm³/mol. The Morgan fingerprint density at radius 1 is 1.29 bits per heavy atom. The highest BCUT2D eigenvalue weighted by Crippen LogP contribution is 2.28. The Kier molecular flexibility index (Phi) is 5.75. The zero-order valence-electron chi connectivity index (χ0n) is 16.8. The van der Waals surface area contributed by atoms with Gasteiger partial charge in [0, 0.05) is 50.2 Å². The largest absolute Gasteiger partial charge is 0.376 e. The highest BCUT2D eigenvalue weighted by Gasteiger charge is 2.26. The summed E-state index contributed by atoms with van der Waals surface area (Å²) in [5.74, 6) is 1.47. The highest BCUT2D eigenvalue weighted by molar-refractivity contribution is 5.78. The highest BCUT2D eigenvalue weighted by atomic mass is 16.5. The maximum Gasteiger partial charge on any atom is 0.278 e. The minimum absolute atomic E-state index is 0.184. The number of carbonyl (C=O) groups excluding carboxylic acids is 1. The minimum atomic E-state index is 0.184. The zero-order chi connectivity index (χ0) is 19.5. The third kappa shape index (κ3) is 3.83. The van der Waals surface area contributed by atoms with E-state index in [-0.39, 0.29) is 11.8 Å². The number of amides is 1. The molecule has 8 nitrogen and oxygen atoms in total. The zero-order valence-corrected chi connectivity index (χ0v) is 16.8. The van der Waals surface area contributed by atoms with Crippen LogP contribution in [0, 0.1) is 5.92 Å². The van der Waals surface area contributed by atoms with Crippen LogP contribution in [0.25, 0.3) is 11.6 Å². The van der Waals surface area contributed by atoms with E-state index in [0.29, 0.717) is 37.9 Å². The third-order valence-electron chi connectivity index (χ3n) is 5.87. The number of nitrogens with zero attached hydrogens (tertiary/aromatic N) is 5. The summed E-state index contributed by atoms with van der Waals surface area (Å²) in [6.45, 7) is 4.72. The second-order valence-corrected chi connectivity index (χ2v) is 7.75. The number of hydrogen-bond donors (Lipinski definition) is 0. The summed E-state index contributed by atoms with van der Waals surface area (Å²) in [5, 5.41) is 8.76. The number of ether oxygens (including phenoxy) is 1. The van der Waals surface area contributed by atoms with Crippen LogP contribution in [0.1, 0.15) is 56.1 Å². The first-order chi connectivity index (χ1) is 13.7. The molecule has 0 atom stereocenters. The molecule has 0 N–H and O–H groups in total. The summed E-state index contributed by atoms with van der Waals surface area (Å²) in [7, 11) is 1.87. The monoisotopic (exact) mass is 387 g/mol. The molecule has 0 bridgehead atoms. The smallest absolute Gasteiger partial charge is 0.278 e. The fraction of sp³-hybridized carbons (Fsp3) is 0.700. The second-order valence-electron chi connectivity index (χ2n) is 7.75. The van der Waals surface area contributed by atoms with Gasteiger partial charge in [0.1, 0.15) is 0 Å². The molecule has 2 aromatic rings. The van der Waals surface area contributed by atoms with Crippen LogP contribution in [-0.4, -0.2) is 50.9 Å². The van der Waals surface area contributed by atoms with Gasteiger partial charge in [-0.05, 0) is 19.8 Å². The minimum Gasteiger partial charge on any atom is -0.376 e. The first-order valence-electron chi connectivity index (χ1n) is 10.4. The molecule has 0 aromatic carbocycles. The van der Waals surface area contributed by atoms with Crippen LogP contribution in [-0.2, 0) is 35.5 Å². The Labute approximate surface area is 165 Å². The summed E-state index contributed by atoms with van der Waals surface area (Å²) in [4.78, 5) is 18.9. The lowest BCUT2D eigenvalue weighted by Gasteiger charge is -2.26. The van der Waals surface area contributed by atoms with Gasteiger partial charge in [0.25, 0.3) is 5.89 Å². The van der Waals surface area contributed by atoms with Gasteiger partial charge in [-0.3, -0.25) is 9.48 Å². The number of carbonyl (C=O) groups is 1. The van der Waals surface area contributed by atoms with E-state index in [1.54, 1.807) is 0 Å². The van der Waals surface area contributed by atoms with Crippen molar-refractivity contribution < 1.29 is 14.1 Å². The lowest BCUT2D eigenvalue weighted by Crippen LogP contribution is -2.35. The molecule has 4 rings (SSSR count). The quantitative estimate of drug-likeness (QED) is 0.757. The molecule has 2 aromatic heterocycles.